The van der Waals surface area contributed by atoms with Crippen LogP contribution in [0.1, 0.15) is 27.0 Å². The van der Waals surface area contributed by atoms with Crippen LogP contribution in [0.2, 0.25) is 0 Å². The van der Waals surface area contributed by atoms with Gasteiger partial charge in [0.1, 0.15) is 17.4 Å². The molecule has 0 radical (unpaired) electrons. The van der Waals surface area contributed by atoms with E-state index in [0.29, 0.717) is 34.8 Å². The van der Waals surface area contributed by atoms with Gasteiger partial charge in [-0.15, -0.1) is 0 Å². The molecule has 3 rings (SSSR count). The van der Waals surface area contributed by atoms with Gasteiger partial charge in [-0.2, -0.15) is 0 Å². The number of carbonyl (C=O) groups excluding carboxylic acids is 1. The molecule has 3 aromatic rings. The minimum atomic E-state index is -0.122. The molecule has 0 bridgehead atoms. The number of benzene rings is 2. The van der Waals surface area contributed by atoms with Crippen molar-refractivity contribution in [3.05, 3.63) is 89.1 Å². The van der Waals surface area contributed by atoms with Gasteiger partial charge in [-0.05, 0) is 29.8 Å². The van der Waals surface area contributed by atoms with Gasteiger partial charge in [-0.1, -0.05) is 36.4 Å². The fourth-order valence-corrected chi connectivity index (χ4v) is 2.65. The molecule has 0 aliphatic rings. The van der Waals surface area contributed by atoms with Crippen molar-refractivity contribution in [1.29, 1.82) is 5.41 Å². The summed E-state index contributed by atoms with van der Waals surface area (Å²) in [4.78, 5) is 17.1. The van der Waals surface area contributed by atoms with Crippen molar-refractivity contribution in [2.75, 3.05) is 12.4 Å². The van der Waals surface area contributed by atoms with E-state index in [1.165, 1.54) is 0 Å². The molecule has 1 heterocycles. The van der Waals surface area contributed by atoms with Crippen LogP contribution < -0.4 is 15.8 Å². The van der Waals surface area contributed by atoms with Crippen molar-refractivity contribution in [2.45, 2.75) is 6.54 Å². The van der Waals surface area contributed by atoms with Crippen LogP contribution in [-0.2, 0) is 6.54 Å². The van der Waals surface area contributed by atoms with Crippen LogP contribution in [0, 0.1) is 5.41 Å². The molecule has 1 aromatic heterocycles. The van der Waals surface area contributed by atoms with Crippen molar-refractivity contribution in [1.82, 2.24) is 4.98 Å². The summed E-state index contributed by atoms with van der Waals surface area (Å²) < 4.78 is 5.27. The van der Waals surface area contributed by atoms with E-state index in [9.17, 15) is 4.79 Å². The molecule has 0 atom stereocenters. The highest BCUT2D eigenvalue weighted by Crippen LogP contribution is 2.22. The first-order valence-corrected chi connectivity index (χ1v) is 8.39. The van der Waals surface area contributed by atoms with Crippen LogP contribution in [0.25, 0.3) is 0 Å². The second kappa shape index (κ2) is 8.14. The molecule has 0 aliphatic heterocycles. The smallest absolute Gasteiger partial charge is 0.196 e. The minimum Gasteiger partial charge on any atom is -0.496 e. The fraction of sp³-hybridized carbons (Fsp3) is 0.0952. The zero-order chi connectivity index (χ0) is 19.2. The van der Waals surface area contributed by atoms with Crippen LogP contribution in [0.4, 0.5) is 5.82 Å². The first-order chi connectivity index (χ1) is 13.1. The lowest BCUT2D eigenvalue weighted by Gasteiger charge is -2.10. The summed E-state index contributed by atoms with van der Waals surface area (Å²) in [7, 11) is 1.54. The van der Waals surface area contributed by atoms with E-state index in [1.54, 1.807) is 55.8 Å². The Hall–Kier alpha value is -3.67. The van der Waals surface area contributed by atoms with Crippen LogP contribution >= 0.6 is 0 Å². The van der Waals surface area contributed by atoms with E-state index in [2.05, 4.69) is 10.3 Å². The predicted molar refractivity (Wildman–Crippen MR) is 105 cm³/mol. The van der Waals surface area contributed by atoms with E-state index in [4.69, 9.17) is 15.9 Å². The number of rotatable bonds is 7. The third kappa shape index (κ3) is 4.30. The van der Waals surface area contributed by atoms with Crippen LogP contribution in [0.15, 0.2) is 66.9 Å². The SMILES string of the molecule is COc1ccccc1C(=O)c1ccnc(NCc2ccc(C(=N)N)cc2)c1. The van der Waals surface area contributed by atoms with Crippen LogP contribution in [0.5, 0.6) is 5.75 Å². The van der Waals surface area contributed by atoms with Gasteiger partial charge in [0.15, 0.2) is 5.78 Å². The Morgan fingerprint density at radius 3 is 2.56 bits per heavy atom. The van der Waals surface area contributed by atoms with Crippen LogP contribution in [0.3, 0.4) is 0 Å². The molecule has 0 aliphatic carbocycles. The molecule has 2 aromatic carbocycles. The summed E-state index contributed by atoms with van der Waals surface area (Å²) in [5.74, 6) is 1.06. The quantitative estimate of drug-likeness (QED) is 0.341. The lowest BCUT2D eigenvalue weighted by Crippen LogP contribution is -2.11. The van der Waals surface area contributed by atoms with Gasteiger partial charge in [0.2, 0.25) is 0 Å². The summed E-state index contributed by atoms with van der Waals surface area (Å²) in [6.45, 7) is 0.539. The number of para-hydroxylation sites is 1. The Bertz CT molecular complexity index is 968. The van der Waals surface area contributed by atoms with E-state index >= 15 is 0 Å². The molecule has 136 valence electrons. The van der Waals surface area contributed by atoms with Crippen molar-refractivity contribution in [2.24, 2.45) is 5.73 Å². The normalized spacial score (nSPS) is 10.3. The number of hydrogen-bond donors (Lipinski definition) is 3. The molecular formula is C21H20N4O2. The second-order valence-electron chi connectivity index (χ2n) is 5.92. The average molecular weight is 360 g/mol. The highest BCUT2D eigenvalue weighted by molar-refractivity contribution is 6.11. The van der Waals surface area contributed by atoms with Gasteiger partial charge in [0.25, 0.3) is 0 Å². The maximum atomic E-state index is 12.8. The van der Waals surface area contributed by atoms with Gasteiger partial charge in [0, 0.05) is 23.9 Å². The molecule has 0 spiro atoms. The number of amidine groups is 1. The zero-order valence-electron chi connectivity index (χ0n) is 14.9. The molecule has 0 unspecified atom stereocenters. The number of ketones is 1. The number of carbonyl (C=O) groups is 1. The van der Waals surface area contributed by atoms with Crippen molar-refractivity contribution >= 4 is 17.4 Å². The van der Waals surface area contributed by atoms with Gasteiger partial charge in [-0.25, -0.2) is 4.98 Å². The van der Waals surface area contributed by atoms with Crippen molar-refractivity contribution in [3.63, 3.8) is 0 Å². The second-order valence-corrected chi connectivity index (χ2v) is 5.92. The summed E-state index contributed by atoms with van der Waals surface area (Å²) in [6.07, 6.45) is 1.60. The Morgan fingerprint density at radius 2 is 1.85 bits per heavy atom. The number of hydrogen-bond acceptors (Lipinski definition) is 5. The zero-order valence-corrected chi connectivity index (χ0v) is 14.9. The Labute approximate surface area is 157 Å². The molecule has 0 saturated heterocycles. The Morgan fingerprint density at radius 1 is 1.11 bits per heavy atom. The summed E-state index contributed by atoms with van der Waals surface area (Å²) >= 11 is 0. The number of ether oxygens (including phenoxy) is 1. The Kier molecular flexibility index (Phi) is 5.47. The van der Waals surface area contributed by atoms with Gasteiger partial charge < -0.3 is 15.8 Å². The topological polar surface area (TPSA) is 101 Å². The number of nitrogens with one attached hydrogen (secondary N) is 2. The van der Waals surface area contributed by atoms with E-state index in [0.717, 1.165) is 5.56 Å². The summed E-state index contributed by atoms with van der Waals surface area (Å²) in [5.41, 5.74) is 8.20. The van der Waals surface area contributed by atoms with E-state index in [1.807, 2.05) is 18.2 Å². The fourth-order valence-electron chi connectivity index (χ4n) is 2.65. The van der Waals surface area contributed by atoms with Crippen molar-refractivity contribution < 1.29 is 9.53 Å². The molecule has 4 N–H and O–H groups in total. The maximum absolute atomic E-state index is 12.8. The number of aromatic nitrogens is 1. The first kappa shape index (κ1) is 18.1. The maximum Gasteiger partial charge on any atom is 0.196 e. The number of nitrogens with two attached hydrogens (primary N) is 1. The lowest BCUT2D eigenvalue weighted by atomic mass is 10.0. The summed E-state index contributed by atoms with van der Waals surface area (Å²) in [6, 6.07) is 17.9. The standard InChI is InChI=1S/C21H20N4O2/c1-27-18-5-3-2-4-17(18)20(26)16-10-11-24-19(12-16)25-13-14-6-8-15(9-7-14)21(22)23/h2-12H,13H2,1H3,(H3,22,23)(H,24,25). The first-order valence-electron chi connectivity index (χ1n) is 8.39. The molecule has 6 nitrogen and oxygen atoms in total. The lowest BCUT2D eigenvalue weighted by molar-refractivity contribution is 0.103. The third-order valence-corrected chi connectivity index (χ3v) is 4.11. The Balaban J connectivity index is 1.73. The van der Waals surface area contributed by atoms with Gasteiger partial charge in [-0.3, -0.25) is 10.2 Å². The van der Waals surface area contributed by atoms with E-state index < -0.39 is 0 Å². The number of nitrogens with zero attached hydrogens (tertiary/aromatic N) is 1. The van der Waals surface area contributed by atoms with Crippen LogP contribution in [-0.4, -0.2) is 23.7 Å². The molecule has 0 saturated carbocycles. The highest BCUT2D eigenvalue weighted by Gasteiger charge is 2.14. The number of nitrogen functional groups attached to an aromatic ring is 1. The number of anilines is 1. The highest BCUT2D eigenvalue weighted by atomic mass is 16.5. The summed E-state index contributed by atoms with van der Waals surface area (Å²) in [5, 5.41) is 10.6. The molecule has 27 heavy (non-hydrogen) atoms. The van der Waals surface area contributed by atoms with Gasteiger partial charge >= 0.3 is 0 Å². The van der Waals surface area contributed by atoms with Gasteiger partial charge in [0.05, 0.1) is 12.7 Å². The number of methoxy groups -OCH3 is 1. The molecule has 0 fully saturated rings. The average Bonchev–Trinajstić information content (AvgIpc) is 2.72. The van der Waals surface area contributed by atoms with Crippen molar-refractivity contribution in [3.8, 4) is 5.75 Å². The number of pyridine rings is 1. The minimum absolute atomic E-state index is 0.0405. The van der Waals surface area contributed by atoms with E-state index in [-0.39, 0.29) is 11.6 Å². The molecular weight excluding hydrogens is 340 g/mol. The molecule has 6 heteroatoms. The largest absolute Gasteiger partial charge is 0.496 e. The third-order valence-electron chi connectivity index (χ3n) is 4.11. The monoisotopic (exact) mass is 360 g/mol. The predicted octanol–water partition coefficient (Wildman–Crippen LogP) is 3.22. The molecule has 0 amide bonds.